The van der Waals surface area contributed by atoms with Crippen LogP contribution in [-0.2, 0) is 6.54 Å². The van der Waals surface area contributed by atoms with Gasteiger partial charge in [0.2, 0.25) is 5.89 Å². The van der Waals surface area contributed by atoms with Gasteiger partial charge in [-0.15, -0.1) is 10.2 Å². The minimum atomic E-state index is -1.01. The molecule has 0 saturated heterocycles. The van der Waals surface area contributed by atoms with Gasteiger partial charge in [0.15, 0.2) is 0 Å². The molecule has 1 N–H and O–H groups in total. The van der Waals surface area contributed by atoms with Crippen molar-refractivity contribution in [1.29, 1.82) is 0 Å². The molecule has 0 radical (unpaired) electrons. The molecule has 2 rings (SSSR count). The summed E-state index contributed by atoms with van der Waals surface area (Å²) in [6, 6.07) is 0. The molecule has 0 spiro atoms. The summed E-state index contributed by atoms with van der Waals surface area (Å²) in [5, 5.41) is 18.4. The van der Waals surface area contributed by atoms with Crippen LogP contribution in [0.3, 0.4) is 0 Å². The second kappa shape index (κ2) is 5.28. The zero-order valence-corrected chi connectivity index (χ0v) is 11.3. The van der Waals surface area contributed by atoms with Crippen molar-refractivity contribution in [3.8, 4) is 0 Å². The van der Waals surface area contributed by atoms with Gasteiger partial charge < -0.3 is 9.40 Å². The van der Waals surface area contributed by atoms with Gasteiger partial charge >= 0.3 is 16.9 Å². The average Bonchev–Trinajstić information content (AvgIpc) is 2.81. The highest BCUT2D eigenvalue weighted by Gasteiger charge is 2.22. The number of aryl methyl sites for hydroxylation is 1. The summed E-state index contributed by atoms with van der Waals surface area (Å²) in [6.07, 6.45) is 1.72. The SMILES string of the molecule is CSc1nnc(Cn2c(=O)[nH]c(C)c([N+](=O)[O-])c2=O)o1. The van der Waals surface area contributed by atoms with Crippen molar-refractivity contribution < 1.29 is 9.34 Å². The Morgan fingerprint density at radius 3 is 2.70 bits per heavy atom. The lowest BCUT2D eigenvalue weighted by Gasteiger charge is -2.02. The van der Waals surface area contributed by atoms with Crippen molar-refractivity contribution in [3.63, 3.8) is 0 Å². The van der Waals surface area contributed by atoms with Crippen LogP contribution in [0.4, 0.5) is 5.69 Å². The molecule has 2 heterocycles. The number of nitrogens with one attached hydrogen (secondary N) is 1. The van der Waals surface area contributed by atoms with Crippen LogP contribution in [0.2, 0.25) is 0 Å². The van der Waals surface area contributed by atoms with Crippen molar-refractivity contribution in [2.75, 3.05) is 6.26 Å². The molecule has 0 bridgehead atoms. The zero-order valence-electron chi connectivity index (χ0n) is 10.4. The van der Waals surface area contributed by atoms with Crippen molar-refractivity contribution in [2.24, 2.45) is 0 Å². The van der Waals surface area contributed by atoms with Gasteiger partial charge in [-0.05, 0) is 13.2 Å². The van der Waals surface area contributed by atoms with Crippen molar-refractivity contribution in [3.05, 3.63) is 42.5 Å². The van der Waals surface area contributed by atoms with E-state index in [1.165, 1.54) is 18.7 Å². The van der Waals surface area contributed by atoms with E-state index < -0.39 is 21.9 Å². The Morgan fingerprint density at radius 1 is 1.45 bits per heavy atom. The van der Waals surface area contributed by atoms with E-state index in [2.05, 4.69) is 15.2 Å². The molecule has 20 heavy (non-hydrogen) atoms. The monoisotopic (exact) mass is 299 g/mol. The Labute approximate surface area is 115 Å². The quantitative estimate of drug-likeness (QED) is 0.469. The molecule has 2 aromatic heterocycles. The van der Waals surface area contributed by atoms with Crippen molar-refractivity contribution in [2.45, 2.75) is 18.7 Å². The van der Waals surface area contributed by atoms with E-state index in [-0.39, 0.29) is 23.4 Å². The van der Waals surface area contributed by atoms with Crippen LogP contribution in [-0.4, -0.2) is 30.9 Å². The highest BCUT2D eigenvalue weighted by molar-refractivity contribution is 7.98. The second-order valence-electron chi connectivity index (χ2n) is 3.72. The van der Waals surface area contributed by atoms with E-state index in [4.69, 9.17) is 4.42 Å². The van der Waals surface area contributed by atoms with Crippen LogP contribution in [0.25, 0.3) is 0 Å². The molecule has 0 aromatic carbocycles. The van der Waals surface area contributed by atoms with Gasteiger partial charge in [0.25, 0.3) is 5.22 Å². The number of aromatic nitrogens is 4. The van der Waals surface area contributed by atoms with Crippen molar-refractivity contribution in [1.82, 2.24) is 19.7 Å². The van der Waals surface area contributed by atoms with E-state index in [0.717, 1.165) is 0 Å². The molecular weight excluding hydrogens is 290 g/mol. The van der Waals surface area contributed by atoms with Crippen LogP contribution >= 0.6 is 11.8 Å². The van der Waals surface area contributed by atoms with Gasteiger partial charge in [-0.1, -0.05) is 11.8 Å². The van der Waals surface area contributed by atoms with E-state index in [1.807, 2.05) is 0 Å². The van der Waals surface area contributed by atoms with E-state index in [1.54, 1.807) is 6.26 Å². The summed E-state index contributed by atoms with van der Waals surface area (Å²) < 4.78 is 5.78. The number of hydrogen-bond donors (Lipinski definition) is 1. The molecule has 0 aliphatic carbocycles. The lowest BCUT2D eigenvalue weighted by Crippen LogP contribution is -2.37. The number of nitro groups is 1. The Hall–Kier alpha value is -2.43. The van der Waals surface area contributed by atoms with Gasteiger partial charge in [-0.3, -0.25) is 14.9 Å². The summed E-state index contributed by atoms with van der Waals surface area (Å²) >= 11 is 1.20. The number of nitrogens with zero attached hydrogens (tertiary/aromatic N) is 4. The molecule has 0 saturated carbocycles. The van der Waals surface area contributed by atoms with Crippen LogP contribution < -0.4 is 11.2 Å². The fraction of sp³-hybridized carbons (Fsp3) is 0.333. The first-order valence-electron chi connectivity index (χ1n) is 5.28. The third-order valence-electron chi connectivity index (χ3n) is 2.44. The van der Waals surface area contributed by atoms with Crippen LogP contribution in [0, 0.1) is 17.0 Å². The minimum Gasteiger partial charge on any atom is -0.414 e. The number of hydrogen-bond acceptors (Lipinski definition) is 8. The van der Waals surface area contributed by atoms with Gasteiger partial charge in [0.1, 0.15) is 12.2 Å². The first-order chi connectivity index (χ1) is 9.43. The highest BCUT2D eigenvalue weighted by atomic mass is 32.2. The maximum atomic E-state index is 11.9. The minimum absolute atomic E-state index is 0.0140. The van der Waals surface area contributed by atoms with E-state index in [9.17, 15) is 19.7 Å². The molecular formula is C9H9N5O5S. The second-order valence-corrected chi connectivity index (χ2v) is 4.48. The van der Waals surface area contributed by atoms with Gasteiger partial charge in [-0.2, -0.15) is 0 Å². The van der Waals surface area contributed by atoms with Crippen LogP contribution in [0.15, 0.2) is 19.2 Å². The number of thioether (sulfide) groups is 1. The van der Waals surface area contributed by atoms with Gasteiger partial charge in [0.05, 0.1) is 4.92 Å². The number of aromatic amines is 1. The average molecular weight is 299 g/mol. The third-order valence-corrected chi connectivity index (χ3v) is 2.96. The van der Waals surface area contributed by atoms with E-state index >= 15 is 0 Å². The lowest BCUT2D eigenvalue weighted by atomic mass is 10.3. The molecule has 2 aromatic rings. The Morgan fingerprint density at radius 2 is 2.15 bits per heavy atom. The molecule has 0 aliphatic heterocycles. The maximum absolute atomic E-state index is 11.9. The first kappa shape index (κ1) is 14.0. The number of H-pyrrole nitrogens is 1. The molecule has 106 valence electrons. The summed E-state index contributed by atoms with van der Waals surface area (Å²) in [4.78, 5) is 35.9. The van der Waals surface area contributed by atoms with Gasteiger partial charge in [-0.25, -0.2) is 9.36 Å². The molecule has 0 fully saturated rings. The molecule has 0 unspecified atom stereocenters. The Kier molecular flexibility index (Phi) is 3.70. The molecule has 10 nitrogen and oxygen atoms in total. The van der Waals surface area contributed by atoms with Crippen LogP contribution in [0.5, 0.6) is 0 Å². The molecule has 0 atom stereocenters. The Bertz CT molecular complexity index is 776. The topological polar surface area (TPSA) is 137 Å². The smallest absolute Gasteiger partial charge is 0.353 e. The zero-order chi connectivity index (χ0) is 14.9. The largest absolute Gasteiger partial charge is 0.414 e. The summed E-state index contributed by atoms with van der Waals surface area (Å²) in [6.45, 7) is 0.951. The molecule has 11 heteroatoms. The summed E-state index contributed by atoms with van der Waals surface area (Å²) in [5.41, 5.74) is -2.58. The van der Waals surface area contributed by atoms with Gasteiger partial charge in [0, 0.05) is 0 Å². The fourth-order valence-corrected chi connectivity index (χ4v) is 1.85. The third kappa shape index (κ3) is 2.47. The lowest BCUT2D eigenvalue weighted by molar-refractivity contribution is -0.387. The van der Waals surface area contributed by atoms with Crippen LogP contribution in [0.1, 0.15) is 11.6 Å². The fourth-order valence-electron chi connectivity index (χ4n) is 1.55. The number of rotatable bonds is 4. The highest BCUT2D eigenvalue weighted by Crippen LogP contribution is 2.12. The van der Waals surface area contributed by atoms with Crippen molar-refractivity contribution >= 4 is 17.4 Å². The first-order valence-corrected chi connectivity index (χ1v) is 6.51. The molecule has 0 aliphatic rings. The standard InChI is InChI=1S/C9H9N5O5S/c1-4-6(14(17)18)7(15)13(8(16)10-4)3-5-11-12-9(19-5)20-2/h3H2,1-2H3,(H,10,16). The Balaban J connectivity index is 2.52. The predicted octanol–water partition coefficient (Wildman–Crippen LogP) is -0.0936. The maximum Gasteiger partial charge on any atom is 0.353 e. The van der Waals surface area contributed by atoms with E-state index in [0.29, 0.717) is 4.57 Å². The normalized spacial score (nSPS) is 10.7. The summed E-state index contributed by atoms with van der Waals surface area (Å²) in [5.74, 6) is 0.0140. The summed E-state index contributed by atoms with van der Waals surface area (Å²) in [7, 11) is 0. The predicted molar refractivity (Wildman–Crippen MR) is 67.9 cm³/mol. The molecule has 0 amide bonds.